The normalized spacial score (nSPS) is 16.4. The molecule has 1 fully saturated rings. The molecular weight excluding hydrogens is 307 g/mol. The summed E-state index contributed by atoms with van der Waals surface area (Å²) >= 11 is 5.83. The van der Waals surface area contributed by atoms with Gasteiger partial charge in [-0.3, -0.25) is 0 Å². The zero-order chi connectivity index (χ0) is 15.4. The Hall–Kier alpha value is -1.70. The molecule has 0 N–H and O–H groups in total. The third-order valence-electron chi connectivity index (χ3n) is 3.54. The van der Waals surface area contributed by atoms with Crippen molar-refractivity contribution in [3.05, 3.63) is 16.7 Å². The van der Waals surface area contributed by atoms with Gasteiger partial charge < -0.3 is 4.90 Å². The molecule has 1 saturated heterocycles. The molecule has 1 aliphatic heterocycles. The van der Waals surface area contributed by atoms with Crippen molar-refractivity contribution >= 4 is 28.6 Å². The Labute approximate surface area is 123 Å². The molecule has 0 amide bonds. The van der Waals surface area contributed by atoms with Crippen molar-refractivity contribution in [1.29, 1.82) is 0 Å². The number of rotatable bonds is 1. The van der Waals surface area contributed by atoms with Gasteiger partial charge in [0.05, 0.1) is 17.3 Å². The van der Waals surface area contributed by atoms with Crippen molar-refractivity contribution < 1.29 is 13.2 Å². The number of aryl methyl sites for hydroxylation is 2. The highest BCUT2D eigenvalue weighted by atomic mass is 35.5. The van der Waals surface area contributed by atoms with Gasteiger partial charge in [-0.15, -0.1) is 0 Å². The second-order valence-corrected chi connectivity index (χ2v) is 5.36. The van der Waals surface area contributed by atoms with Gasteiger partial charge in [0.2, 0.25) is 5.28 Å². The van der Waals surface area contributed by atoms with Gasteiger partial charge in [0.15, 0.2) is 17.0 Å². The number of hydrogen-bond acceptors (Lipinski definition) is 5. The number of alkyl halides is 3. The molecule has 1 aliphatic rings. The molecule has 5 nitrogen and oxygen atoms in total. The molecule has 3 heterocycles. The monoisotopic (exact) mass is 317 g/mol. The highest BCUT2D eigenvalue weighted by Crippen LogP contribution is 2.37. The van der Waals surface area contributed by atoms with Crippen LogP contribution in [0.3, 0.4) is 0 Å². The quantitative estimate of drug-likeness (QED) is 0.757. The van der Waals surface area contributed by atoms with Crippen LogP contribution in [0.2, 0.25) is 5.28 Å². The summed E-state index contributed by atoms with van der Waals surface area (Å²) < 4.78 is 37.8. The van der Waals surface area contributed by atoms with Crippen LogP contribution in [0.5, 0.6) is 0 Å². The topological polar surface area (TPSA) is 54.8 Å². The molecule has 0 bridgehead atoms. The molecular formula is C12H11ClF3N5. The number of hydrogen-bond donors (Lipinski definition) is 0. The van der Waals surface area contributed by atoms with Gasteiger partial charge in [0.25, 0.3) is 0 Å². The fraction of sp³-hybridized carbons (Fsp3) is 0.500. The molecule has 0 radical (unpaired) electrons. The lowest BCUT2D eigenvalue weighted by molar-refractivity contribution is -0.180. The van der Waals surface area contributed by atoms with E-state index in [-0.39, 0.29) is 18.4 Å². The Balaban J connectivity index is 2.02. The largest absolute Gasteiger partial charge is 0.395 e. The van der Waals surface area contributed by atoms with Crippen LogP contribution >= 0.6 is 11.6 Å². The average molecular weight is 318 g/mol. The molecule has 9 heteroatoms. The van der Waals surface area contributed by atoms with E-state index in [1.807, 2.05) is 0 Å². The Kier molecular flexibility index (Phi) is 3.16. The minimum absolute atomic E-state index is 0.0505. The molecule has 3 rings (SSSR count). The molecule has 0 atom stereocenters. The lowest BCUT2D eigenvalue weighted by atomic mass is 10.00. The Morgan fingerprint density at radius 3 is 2.29 bits per heavy atom. The van der Waals surface area contributed by atoms with Crippen molar-refractivity contribution in [3.63, 3.8) is 0 Å². The van der Waals surface area contributed by atoms with Crippen molar-refractivity contribution in [2.75, 3.05) is 18.0 Å². The number of halogens is 4. The average Bonchev–Trinajstić information content (AvgIpc) is 2.27. The van der Waals surface area contributed by atoms with E-state index in [1.165, 1.54) is 4.90 Å². The minimum atomic E-state index is -4.19. The summed E-state index contributed by atoms with van der Waals surface area (Å²) in [6.45, 7) is 3.25. The van der Waals surface area contributed by atoms with Gasteiger partial charge in [-0.05, 0) is 25.4 Å². The zero-order valence-corrected chi connectivity index (χ0v) is 12.0. The molecule has 112 valence electrons. The lowest BCUT2D eigenvalue weighted by Gasteiger charge is -2.40. The summed E-state index contributed by atoms with van der Waals surface area (Å²) in [7, 11) is 0. The van der Waals surface area contributed by atoms with Crippen molar-refractivity contribution in [2.24, 2.45) is 5.92 Å². The predicted octanol–water partition coefficient (Wildman–Crippen LogP) is 2.69. The van der Waals surface area contributed by atoms with Crippen LogP contribution in [0.25, 0.3) is 11.2 Å². The van der Waals surface area contributed by atoms with Gasteiger partial charge in [-0.1, -0.05) is 0 Å². The van der Waals surface area contributed by atoms with E-state index in [0.29, 0.717) is 28.4 Å². The Morgan fingerprint density at radius 2 is 1.67 bits per heavy atom. The molecule has 21 heavy (non-hydrogen) atoms. The third kappa shape index (κ3) is 2.48. The van der Waals surface area contributed by atoms with Crippen LogP contribution < -0.4 is 4.90 Å². The van der Waals surface area contributed by atoms with Crippen LogP contribution in [-0.2, 0) is 0 Å². The number of fused-ring (bicyclic) bond motifs is 1. The zero-order valence-electron chi connectivity index (χ0n) is 11.2. The first-order chi connectivity index (χ1) is 9.75. The van der Waals surface area contributed by atoms with Crippen LogP contribution in [0, 0.1) is 19.8 Å². The predicted molar refractivity (Wildman–Crippen MR) is 71.4 cm³/mol. The van der Waals surface area contributed by atoms with Crippen LogP contribution in [0.1, 0.15) is 11.4 Å². The van der Waals surface area contributed by atoms with Gasteiger partial charge in [-0.2, -0.15) is 23.1 Å². The minimum Gasteiger partial charge on any atom is -0.353 e. The Bertz CT molecular complexity index is 712. The van der Waals surface area contributed by atoms with E-state index in [1.54, 1.807) is 13.8 Å². The summed E-state index contributed by atoms with van der Waals surface area (Å²) in [6.07, 6.45) is -4.19. The molecule has 0 unspecified atom stereocenters. The molecule has 2 aromatic rings. The van der Waals surface area contributed by atoms with Crippen molar-refractivity contribution in [3.8, 4) is 0 Å². The van der Waals surface area contributed by atoms with E-state index in [9.17, 15) is 13.2 Å². The molecule has 0 saturated carbocycles. The molecule has 2 aromatic heterocycles. The Morgan fingerprint density at radius 1 is 1.05 bits per heavy atom. The number of aromatic nitrogens is 4. The third-order valence-corrected chi connectivity index (χ3v) is 3.71. The first-order valence-corrected chi connectivity index (χ1v) is 6.63. The first-order valence-electron chi connectivity index (χ1n) is 6.26. The number of anilines is 1. The number of nitrogens with zero attached hydrogens (tertiary/aromatic N) is 5. The van der Waals surface area contributed by atoms with E-state index >= 15 is 0 Å². The van der Waals surface area contributed by atoms with Crippen LogP contribution in [0.4, 0.5) is 19.0 Å². The summed E-state index contributed by atoms with van der Waals surface area (Å²) in [4.78, 5) is 18.1. The first kappa shape index (κ1) is 14.2. The van der Waals surface area contributed by atoms with Crippen LogP contribution in [-0.4, -0.2) is 39.2 Å². The molecule has 0 spiro atoms. The summed E-state index contributed by atoms with van der Waals surface area (Å²) in [6, 6.07) is 0. The lowest BCUT2D eigenvalue weighted by Crippen LogP contribution is -2.53. The van der Waals surface area contributed by atoms with E-state index in [4.69, 9.17) is 11.6 Å². The SMILES string of the molecule is Cc1nc2nc(Cl)nc(N3CC(C(F)(F)F)C3)c2nc1C. The van der Waals surface area contributed by atoms with E-state index < -0.39 is 12.1 Å². The van der Waals surface area contributed by atoms with Gasteiger partial charge in [-0.25, -0.2) is 9.97 Å². The maximum absolute atomic E-state index is 12.6. The van der Waals surface area contributed by atoms with E-state index in [0.717, 1.165) is 0 Å². The molecule has 0 aromatic carbocycles. The standard InChI is InChI=1S/C12H11ClF3N5/c1-5-6(2)18-9-8(17-5)10(20-11(13)19-9)21-3-7(4-21)12(14,15)16/h7H,3-4H2,1-2H3. The van der Waals surface area contributed by atoms with Gasteiger partial charge in [0.1, 0.15) is 0 Å². The van der Waals surface area contributed by atoms with E-state index in [2.05, 4.69) is 19.9 Å². The summed E-state index contributed by atoms with van der Waals surface area (Å²) in [5.41, 5.74) is 2.05. The second-order valence-electron chi connectivity index (χ2n) is 5.03. The van der Waals surface area contributed by atoms with Crippen LogP contribution in [0.15, 0.2) is 0 Å². The smallest absolute Gasteiger partial charge is 0.353 e. The van der Waals surface area contributed by atoms with Crippen molar-refractivity contribution in [2.45, 2.75) is 20.0 Å². The maximum atomic E-state index is 12.6. The highest BCUT2D eigenvalue weighted by Gasteiger charge is 2.48. The maximum Gasteiger partial charge on any atom is 0.395 e. The fourth-order valence-corrected chi connectivity index (χ4v) is 2.31. The van der Waals surface area contributed by atoms with Gasteiger partial charge >= 0.3 is 6.18 Å². The fourth-order valence-electron chi connectivity index (χ4n) is 2.15. The summed E-state index contributed by atoms with van der Waals surface area (Å²) in [5, 5.41) is -0.0505. The highest BCUT2D eigenvalue weighted by molar-refractivity contribution is 6.28. The van der Waals surface area contributed by atoms with Gasteiger partial charge in [0, 0.05) is 13.1 Å². The second kappa shape index (κ2) is 4.66. The van der Waals surface area contributed by atoms with Crippen molar-refractivity contribution in [1.82, 2.24) is 19.9 Å². The summed E-state index contributed by atoms with van der Waals surface area (Å²) in [5.74, 6) is -1.04. The molecule has 0 aliphatic carbocycles.